The Labute approximate surface area is 93.4 Å². The Hall–Kier alpha value is -0.530. The SMILES string of the molecule is CCOC(=O)C1CCCC(CC(C)C)C1. The molecule has 0 spiro atoms. The average Bonchev–Trinajstić information content (AvgIpc) is 2.17. The van der Waals surface area contributed by atoms with Gasteiger partial charge in [0, 0.05) is 0 Å². The van der Waals surface area contributed by atoms with Gasteiger partial charge in [-0.05, 0) is 38.0 Å². The molecule has 2 heteroatoms. The number of esters is 1. The molecule has 0 radical (unpaired) electrons. The molecule has 0 bridgehead atoms. The Balaban J connectivity index is 2.38. The first-order valence-corrected chi connectivity index (χ1v) is 6.30. The Morgan fingerprint density at radius 2 is 2.13 bits per heavy atom. The van der Waals surface area contributed by atoms with Crippen molar-refractivity contribution in [1.29, 1.82) is 0 Å². The molecule has 1 aliphatic rings. The number of hydrogen-bond acceptors (Lipinski definition) is 2. The van der Waals surface area contributed by atoms with Gasteiger partial charge < -0.3 is 4.74 Å². The van der Waals surface area contributed by atoms with E-state index < -0.39 is 0 Å². The molecule has 0 aromatic rings. The lowest BCUT2D eigenvalue weighted by molar-refractivity contribution is -0.149. The Morgan fingerprint density at radius 3 is 2.73 bits per heavy atom. The van der Waals surface area contributed by atoms with E-state index in [4.69, 9.17) is 4.74 Å². The van der Waals surface area contributed by atoms with Gasteiger partial charge in [0.25, 0.3) is 0 Å². The second kappa shape index (κ2) is 6.14. The summed E-state index contributed by atoms with van der Waals surface area (Å²) in [5, 5.41) is 0. The molecule has 88 valence electrons. The third-order valence-corrected chi connectivity index (χ3v) is 3.21. The summed E-state index contributed by atoms with van der Waals surface area (Å²) in [5.74, 6) is 1.71. The molecule has 1 aliphatic carbocycles. The van der Waals surface area contributed by atoms with Gasteiger partial charge in [0.2, 0.25) is 0 Å². The molecule has 15 heavy (non-hydrogen) atoms. The van der Waals surface area contributed by atoms with Gasteiger partial charge in [-0.25, -0.2) is 0 Å². The molecule has 1 saturated carbocycles. The molecule has 2 atom stereocenters. The van der Waals surface area contributed by atoms with E-state index in [0.29, 0.717) is 6.61 Å². The molecule has 0 aliphatic heterocycles. The number of ether oxygens (including phenoxy) is 1. The highest BCUT2D eigenvalue weighted by Crippen LogP contribution is 2.33. The van der Waals surface area contributed by atoms with Crippen molar-refractivity contribution in [3.05, 3.63) is 0 Å². The van der Waals surface area contributed by atoms with Gasteiger partial charge >= 0.3 is 5.97 Å². The van der Waals surface area contributed by atoms with Crippen LogP contribution in [-0.2, 0) is 9.53 Å². The Bertz CT molecular complexity index is 199. The lowest BCUT2D eigenvalue weighted by atomic mass is 9.78. The number of carbonyl (C=O) groups excluding carboxylic acids is 1. The highest BCUT2D eigenvalue weighted by Gasteiger charge is 2.28. The van der Waals surface area contributed by atoms with Gasteiger partial charge in [-0.3, -0.25) is 4.79 Å². The molecular weight excluding hydrogens is 188 g/mol. The smallest absolute Gasteiger partial charge is 0.308 e. The Kier molecular flexibility index (Phi) is 5.13. The highest BCUT2D eigenvalue weighted by atomic mass is 16.5. The van der Waals surface area contributed by atoms with Crippen LogP contribution in [0.4, 0.5) is 0 Å². The fourth-order valence-electron chi connectivity index (χ4n) is 2.65. The van der Waals surface area contributed by atoms with Crippen LogP contribution in [0.3, 0.4) is 0 Å². The lowest BCUT2D eigenvalue weighted by Crippen LogP contribution is -2.25. The molecule has 2 nitrogen and oxygen atoms in total. The Morgan fingerprint density at radius 1 is 1.40 bits per heavy atom. The zero-order chi connectivity index (χ0) is 11.3. The maximum absolute atomic E-state index is 11.6. The van der Waals surface area contributed by atoms with Crippen LogP contribution in [0.2, 0.25) is 0 Å². The van der Waals surface area contributed by atoms with E-state index in [1.54, 1.807) is 0 Å². The molecule has 0 amide bonds. The fourth-order valence-corrected chi connectivity index (χ4v) is 2.65. The molecule has 1 rings (SSSR count). The first-order chi connectivity index (χ1) is 7.13. The third kappa shape index (κ3) is 4.23. The predicted molar refractivity (Wildman–Crippen MR) is 61.5 cm³/mol. The minimum Gasteiger partial charge on any atom is -0.466 e. The van der Waals surface area contributed by atoms with Crippen LogP contribution in [-0.4, -0.2) is 12.6 Å². The number of carbonyl (C=O) groups is 1. The third-order valence-electron chi connectivity index (χ3n) is 3.21. The van der Waals surface area contributed by atoms with E-state index in [1.807, 2.05) is 6.92 Å². The van der Waals surface area contributed by atoms with Crippen LogP contribution in [0.5, 0.6) is 0 Å². The summed E-state index contributed by atoms with van der Waals surface area (Å²) in [6, 6.07) is 0. The number of hydrogen-bond donors (Lipinski definition) is 0. The van der Waals surface area contributed by atoms with Gasteiger partial charge in [-0.1, -0.05) is 26.7 Å². The summed E-state index contributed by atoms with van der Waals surface area (Å²) in [7, 11) is 0. The van der Waals surface area contributed by atoms with Crippen LogP contribution in [0.15, 0.2) is 0 Å². The standard InChI is InChI=1S/C13H24O2/c1-4-15-13(14)12-7-5-6-11(9-12)8-10(2)3/h10-12H,4-9H2,1-3H3. The molecule has 1 fully saturated rings. The first-order valence-electron chi connectivity index (χ1n) is 6.30. The summed E-state index contributed by atoms with van der Waals surface area (Å²) in [6.45, 7) is 6.92. The number of rotatable bonds is 4. The summed E-state index contributed by atoms with van der Waals surface area (Å²) in [5.41, 5.74) is 0. The second-order valence-electron chi connectivity index (χ2n) is 5.11. The van der Waals surface area contributed by atoms with E-state index in [1.165, 1.54) is 19.3 Å². The van der Waals surface area contributed by atoms with E-state index in [0.717, 1.165) is 24.7 Å². The van der Waals surface area contributed by atoms with Crippen molar-refractivity contribution in [2.75, 3.05) is 6.61 Å². The van der Waals surface area contributed by atoms with Crippen LogP contribution in [0.1, 0.15) is 52.9 Å². The molecule has 0 aromatic carbocycles. The van der Waals surface area contributed by atoms with Crippen molar-refractivity contribution in [3.8, 4) is 0 Å². The van der Waals surface area contributed by atoms with Crippen molar-refractivity contribution in [1.82, 2.24) is 0 Å². The molecular formula is C13H24O2. The highest BCUT2D eigenvalue weighted by molar-refractivity contribution is 5.72. The molecule has 0 heterocycles. The van der Waals surface area contributed by atoms with Crippen molar-refractivity contribution in [2.24, 2.45) is 17.8 Å². The van der Waals surface area contributed by atoms with E-state index in [2.05, 4.69) is 13.8 Å². The normalized spacial score (nSPS) is 26.7. The summed E-state index contributed by atoms with van der Waals surface area (Å²) in [4.78, 5) is 11.6. The van der Waals surface area contributed by atoms with Crippen LogP contribution < -0.4 is 0 Å². The monoisotopic (exact) mass is 212 g/mol. The lowest BCUT2D eigenvalue weighted by Gasteiger charge is -2.28. The maximum Gasteiger partial charge on any atom is 0.308 e. The average molecular weight is 212 g/mol. The van der Waals surface area contributed by atoms with Crippen molar-refractivity contribution < 1.29 is 9.53 Å². The summed E-state index contributed by atoms with van der Waals surface area (Å²) < 4.78 is 5.10. The zero-order valence-electron chi connectivity index (χ0n) is 10.3. The van der Waals surface area contributed by atoms with Gasteiger partial charge in [-0.2, -0.15) is 0 Å². The quantitative estimate of drug-likeness (QED) is 0.668. The molecule has 0 saturated heterocycles. The second-order valence-corrected chi connectivity index (χ2v) is 5.11. The minimum atomic E-state index is 0.0333. The molecule has 0 aromatic heterocycles. The van der Waals surface area contributed by atoms with Gasteiger partial charge in [-0.15, -0.1) is 0 Å². The van der Waals surface area contributed by atoms with Crippen molar-refractivity contribution in [2.45, 2.75) is 52.9 Å². The van der Waals surface area contributed by atoms with Crippen LogP contribution >= 0.6 is 0 Å². The molecule has 0 N–H and O–H groups in total. The first kappa shape index (κ1) is 12.5. The largest absolute Gasteiger partial charge is 0.466 e. The van der Waals surface area contributed by atoms with E-state index in [-0.39, 0.29) is 11.9 Å². The topological polar surface area (TPSA) is 26.3 Å². The summed E-state index contributed by atoms with van der Waals surface area (Å²) in [6.07, 6.45) is 5.84. The fraction of sp³-hybridized carbons (Fsp3) is 0.923. The van der Waals surface area contributed by atoms with E-state index in [9.17, 15) is 4.79 Å². The van der Waals surface area contributed by atoms with Crippen LogP contribution in [0.25, 0.3) is 0 Å². The summed E-state index contributed by atoms with van der Waals surface area (Å²) >= 11 is 0. The van der Waals surface area contributed by atoms with Crippen LogP contribution in [0, 0.1) is 17.8 Å². The van der Waals surface area contributed by atoms with Crippen molar-refractivity contribution >= 4 is 5.97 Å². The van der Waals surface area contributed by atoms with Gasteiger partial charge in [0.1, 0.15) is 0 Å². The minimum absolute atomic E-state index is 0.0333. The van der Waals surface area contributed by atoms with Crippen molar-refractivity contribution in [3.63, 3.8) is 0 Å². The maximum atomic E-state index is 11.6. The molecule has 2 unspecified atom stereocenters. The zero-order valence-corrected chi connectivity index (χ0v) is 10.3. The van der Waals surface area contributed by atoms with E-state index >= 15 is 0 Å². The van der Waals surface area contributed by atoms with Gasteiger partial charge in [0.15, 0.2) is 0 Å². The van der Waals surface area contributed by atoms with Gasteiger partial charge in [0.05, 0.1) is 12.5 Å². The predicted octanol–water partition coefficient (Wildman–Crippen LogP) is 3.40.